The summed E-state index contributed by atoms with van der Waals surface area (Å²) < 4.78 is 0. The lowest BCUT2D eigenvalue weighted by Gasteiger charge is -2.12. The van der Waals surface area contributed by atoms with Crippen LogP contribution < -0.4 is 0 Å². The number of rotatable bonds is 5. The average Bonchev–Trinajstić information content (AvgIpc) is 2.19. The first-order chi connectivity index (χ1) is 6.38. The molecule has 0 saturated heterocycles. The second-order valence-corrected chi connectivity index (χ2v) is 2.66. The lowest BCUT2D eigenvalue weighted by atomic mass is 10.1. The van der Waals surface area contributed by atoms with Crippen molar-refractivity contribution in [3.05, 3.63) is 48.6 Å². The fourth-order valence-corrected chi connectivity index (χ4v) is 1.15. The maximum Gasteiger partial charge on any atom is 0.155 e. The van der Waals surface area contributed by atoms with Gasteiger partial charge < -0.3 is 4.84 Å². The SMILES string of the molecule is C=CCC(ON=C)c1ccccc1.Cl. The first-order valence-electron chi connectivity index (χ1n) is 4.16. The first kappa shape index (κ1) is 12.7. The molecule has 0 saturated carbocycles. The van der Waals surface area contributed by atoms with Gasteiger partial charge in [0, 0.05) is 13.1 Å². The average molecular weight is 212 g/mol. The van der Waals surface area contributed by atoms with Crippen molar-refractivity contribution in [3.8, 4) is 0 Å². The van der Waals surface area contributed by atoms with Gasteiger partial charge in [0.05, 0.1) is 0 Å². The summed E-state index contributed by atoms with van der Waals surface area (Å²) >= 11 is 0. The van der Waals surface area contributed by atoms with E-state index >= 15 is 0 Å². The van der Waals surface area contributed by atoms with Gasteiger partial charge in [-0.2, -0.15) is 0 Å². The second-order valence-electron chi connectivity index (χ2n) is 2.66. The van der Waals surface area contributed by atoms with Crippen LogP contribution in [0.2, 0.25) is 0 Å². The molecule has 14 heavy (non-hydrogen) atoms. The van der Waals surface area contributed by atoms with Gasteiger partial charge in [-0.15, -0.1) is 24.1 Å². The lowest BCUT2D eigenvalue weighted by Crippen LogP contribution is -1.98. The minimum Gasteiger partial charge on any atom is -0.388 e. The Bertz CT molecular complexity index is 264. The van der Waals surface area contributed by atoms with Gasteiger partial charge in [-0.3, -0.25) is 0 Å². The van der Waals surface area contributed by atoms with Gasteiger partial charge >= 0.3 is 0 Å². The second kappa shape index (κ2) is 7.15. The van der Waals surface area contributed by atoms with Crippen LogP contribution in [-0.4, -0.2) is 6.72 Å². The topological polar surface area (TPSA) is 21.6 Å². The van der Waals surface area contributed by atoms with E-state index in [1.165, 1.54) is 0 Å². The van der Waals surface area contributed by atoms with Gasteiger partial charge in [-0.1, -0.05) is 36.4 Å². The van der Waals surface area contributed by atoms with E-state index in [2.05, 4.69) is 18.5 Å². The highest BCUT2D eigenvalue weighted by atomic mass is 35.5. The molecule has 0 N–H and O–H groups in total. The van der Waals surface area contributed by atoms with Crippen molar-refractivity contribution < 1.29 is 4.84 Å². The summed E-state index contributed by atoms with van der Waals surface area (Å²) in [4.78, 5) is 5.11. The van der Waals surface area contributed by atoms with Gasteiger partial charge in [0.2, 0.25) is 0 Å². The Morgan fingerprint density at radius 1 is 1.36 bits per heavy atom. The van der Waals surface area contributed by atoms with Crippen LogP contribution in [0.4, 0.5) is 0 Å². The van der Waals surface area contributed by atoms with Crippen molar-refractivity contribution in [2.45, 2.75) is 12.5 Å². The molecule has 0 radical (unpaired) electrons. The summed E-state index contributed by atoms with van der Waals surface area (Å²) in [6.45, 7) is 6.97. The van der Waals surface area contributed by atoms with Crippen LogP contribution in [0.15, 0.2) is 48.1 Å². The molecule has 0 aliphatic carbocycles. The molecule has 0 heterocycles. The standard InChI is InChI=1S/C11H13NO.ClH/c1-3-7-11(13-12-2)10-8-5-4-6-9-10;/h3-6,8-9,11H,1-2,7H2;1H. The molecule has 0 aromatic heterocycles. The van der Waals surface area contributed by atoms with E-state index in [1.54, 1.807) is 0 Å². The summed E-state index contributed by atoms with van der Waals surface area (Å²) in [5.41, 5.74) is 1.09. The molecule has 0 fully saturated rings. The lowest BCUT2D eigenvalue weighted by molar-refractivity contribution is 0.0628. The number of halogens is 1. The Balaban J connectivity index is 0.00000169. The molecule has 1 atom stereocenters. The Labute approximate surface area is 90.7 Å². The van der Waals surface area contributed by atoms with Crippen LogP contribution in [0.1, 0.15) is 18.1 Å². The molecule has 2 nitrogen and oxygen atoms in total. The van der Waals surface area contributed by atoms with E-state index in [9.17, 15) is 0 Å². The van der Waals surface area contributed by atoms with Crippen molar-refractivity contribution in [2.24, 2.45) is 5.16 Å². The third kappa shape index (κ3) is 3.62. The molecule has 0 amide bonds. The third-order valence-corrected chi connectivity index (χ3v) is 1.75. The summed E-state index contributed by atoms with van der Waals surface area (Å²) in [6.07, 6.45) is 2.49. The van der Waals surface area contributed by atoms with E-state index in [0.717, 1.165) is 12.0 Å². The van der Waals surface area contributed by atoms with Crippen molar-refractivity contribution in [1.82, 2.24) is 0 Å². The van der Waals surface area contributed by atoms with E-state index in [1.807, 2.05) is 36.4 Å². The molecule has 3 heteroatoms. The van der Waals surface area contributed by atoms with Crippen molar-refractivity contribution in [3.63, 3.8) is 0 Å². The van der Waals surface area contributed by atoms with E-state index in [4.69, 9.17) is 4.84 Å². The fraction of sp³-hybridized carbons (Fsp3) is 0.182. The molecule has 1 aromatic carbocycles. The fourth-order valence-electron chi connectivity index (χ4n) is 1.15. The van der Waals surface area contributed by atoms with Crippen LogP contribution >= 0.6 is 12.4 Å². The van der Waals surface area contributed by atoms with Crippen LogP contribution in [-0.2, 0) is 4.84 Å². The van der Waals surface area contributed by atoms with Gasteiger partial charge in [-0.05, 0) is 5.56 Å². The zero-order valence-corrected chi connectivity index (χ0v) is 8.74. The number of oxime groups is 1. The van der Waals surface area contributed by atoms with Crippen LogP contribution in [0.5, 0.6) is 0 Å². The van der Waals surface area contributed by atoms with Crippen molar-refractivity contribution in [1.29, 1.82) is 0 Å². The highest BCUT2D eigenvalue weighted by Gasteiger charge is 2.09. The normalized spacial score (nSPS) is 10.9. The molecule has 76 valence electrons. The van der Waals surface area contributed by atoms with Gasteiger partial charge in [0.15, 0.2) is 6.10 Å². The number of hydrogen-bond donors (Lipinski definition) is 0. The molecule has 0 bridgehead atoms. The predicted molar refractivity (Wildman–Crippen MR) is 61.9 cm³/mol. The van der Waals surface area contributed by atoms with Gasteiger partial charge in [0.1, 0.15) is 0 Å². The van der Waals surface area contributed by atoms with E-state index in [0.29, 0.717) is 0 Å². The number of hydrogen-bond acceptors (Lipinski definition) is 2. The summed E-state index contributed by atoms with van der Waals surface area (Å²) in [5, 5.41) is 3.43. The molecule has 1 unspecified atom stereocenters. The van der Waals surface area contributed by atoms with Crippen molar-refractivity contribution in [2.75, 3.05) is 0 Å². The minimum absolute atomic E-state index is 0. The molecular weight excluding hydrogens is 198 g/mol. The van der Waals surface area contributed by atoms with Crippen LogP contribution in [0.25, 0.3) is 0 Å². The quantitative estimate of drug-likeness (QED) is 0.416. The Hall–Kier alpha value is -1.28. The Morgan fingerprint density at radius 2 is 2.00 bits per heavy atom. The molecule has 0 aliphatic heterocycles. The highest BCUT2D eigenvalue weighted by Crippen LogP contribution is 2.20. The van der Waals surface area contributed by atoms with E-state index < -0.39 is 0 Å². The molecular formula is C11H14ClNO. The first-order valence-corrected chi connectivity index (χ1v) is 4.16. The number of nitrogens with zero attached hydrogens (tertiary/aromatic N) is 1. The maximum atomic E-state index is 5.11. The molecule has 0 spiro atoms. The highest BCUT2D eigenvalue weighted by molar-refractivity contribution is 5.85. The van der Waals surface area contributed by atoms with Crippen LogP contribution in [0, 0.1) is 0 Å². The summed E-state index contributed by atoms with van der Waals surface area (Å²) in [7, 11) is 0. The van der Waals surface area contributed by atoms with Crippen molar-refractivity contribution >= 4 is 19.1 Å². The Kier molecular flexibility index (Phi) is 6.50. The molecule has 0 aliphatic rings. The largest absolute Gasteiger partial charge is 0.388 e. The molecule has 1 aromatic rings. The van der Waals surface area contributed by atoms with E-state index in [-0.39, 0.29) is 18.5 Å². The zero-order chi connectivity index (χ0) is 9.52. The third-order valence-electron chi connectivity index (χ3n) is 1.75. The minimum atomic E-state index is -0.0591. The monoisotopic (exact) mass is 211 g/mol. The summed E-state index contributed by atoms with van der Waals surface area (Å²) in [6, 6.07) is 9.91. The smallest absolute Gasteiger partial charge is 0.155 e. The van der Waals surface area contributed by atoms with Crippen LogP contribution in [0.3, 0.4) is 0 Å². The maximum absolute atomic E-state index is 5.11. The molecule has 1 rings (SSSR count). The van der Waals surface area contributed by atoms with Gasteiger partial charge in [0.25, 0.3) is 0 Å². The Morgan fingerprint density at radius 3 is 2.50 bits per heavy atom. The summed E-state index contributed by atoms with van der Waals surface area (Å²) in [5.74, 6) is 0. The zero-order valence-electron chi connectivity index (χ0n) is 7.93. The predicted octanol–water partition coefficient (Wildman–Crippen LogP) is 3.36. The van der Waals surface area contributed by atoms with Gasteiger partial charge in [-0.25, -0.2) is 0 Å². The number of benzene rings is 1.